The summed E-state index contributed by atoms with van der Waals surface area (Å²) >= 11 is 0. The van der Waals surface area contributed by atoms with Crippen LogP contribution >= 0.6 is 0 Å². The highest BCUT2D eigenvalue weighted by Gasteiger charge is 1.91. The van der Waals surface area contributed by atoms with Gasteiger partial charge >= 0.3 is 0 Å². The van der Waals surface area contributed by atoms with Gasteiger partial charge in [0.25, 0.3) is 0 Å². The Morgan fingerprint density at radius 3 is 2.09 bits per heavy atom. The Balaban J connectivity index is 0. The second kappa shape index (κ2) is 9.44. The minimum Gasteiger partial charge on any atom is -0.324 e. The maximum atomic E-state index is 5.57. The molecular formula is C10H21N. The fraction of sp³-hybridized carbons (Fsp3) is 0.600. The molecule has 1 nitrogen and oxygen atoms in total. The smallest absolute Gasteiger partial charge is 0.0225 e. The maximum Gasteiger partial charge on any atom is 0.0225 e. The van der Waals surface area contributed by atoms with Gasteiger partial charge in [0.2, 0.25) is 0 Å². The van der Waals surface area contributed by atoms with E-state index in [-0.39, 0.29) is 6.04 Å². The van der Waals surface area contributed by atoms with E-state index in [0.717, 1.165) is 0 Å². The predicted octanol–water partition coefficient (Wildman–Crippen LogP) is 2.88. The van der Waals surface area contributed by atoms with Crippen molar-refractivity contribution in [1.29, 1.82) is 0 Å². The molecule has 0 aliphatic heterocycles. The molecule has 0 fully saturated rings. The van der Waals surface area contributed by atoms with Crippen molar-refractivity contribution in [2.24, 2.45) is 5.73 Å². The van der Waals surface area contributed by atoms with Crippen LogP contribution < -0.4 is 5.73 Å². The fourth-order valence-corrected chi connectivity index (χ4v) is 0.400. The number of nitrogens with two attached hydrogens (primary N) is 1. The van der Waals surface area contributed by atoms with Crippen LogP contribution in [0.15, 0.2) is 23.8 Å². The van der Waals surface area contributed by atoms with Crippen molar-refractivity contribution in [1.82, 2.24) is 0 Å². The minimum absolute atomic E-state index is 0.182. The average molecular weight is 155 g/mol. The highest BCUT2D eigenvalue weighted by Crippen LogP contribution is 1.96. The van der Waals surface area contributed by atoms with E-state index >= 15 is 0 Å². The lowest BCUT2D eigenvalue weighted by Gasteiger charge is -2.01. The Kier molecular flexibility index (Phi) is 11.2. The molecule has 0 amide bonds. The SMILES string of the molecule is C/C=C\C=C(/C)C(C)N.CC. The van der Waals surface area contributed by atoms with E-state index in [1.165, 1.54) is 5.57 Å². The first-order valence-corrected chi connectivity index (χ1v) is 4.23. The topological polar surface area (TPSA) is 26.0 Å². The van der Waals surface area contributed by atoms with E-state index in [4.69, 9.17) is 5.73 Å². The molecule has 1 unspecified atom stereocenters. The monoisotopic (exact) mass is 155 g/mol. The van der Waals surface area contributed by atoms with E-state index in [0.29, 0.717) is 0 Å². The quantitative estimate of drug-likeness (QED) is 0.610. The van der Waals surface area contributed by atoms with Crippen molar-refractivity contribution >= 4 is 0 Å². The Morgan fingerprint density at radius 2 is 1.82 bits per heavy atom. The first-order valence-electron chi connectivity index (χ1n) is 4.23. The summed E-state index contributed by atoms with van der Waals surface area (Å²) in [7, 11) is 0. The summed E-state index contributed by atoms with van der Waals surface area (Å²) in [6.07, 6.45) is 6.02. The Labute approximate surface area is 71.0 Å². The van der Waals surface area contributed by atoms with E-state index in [9.17, 15) is 0 Å². The van der Waals surface area contributed by atoms with Gasteiger partial charge in [0, 0.05) is 6.04 Å². The molecule has 0 aromatic rings. The van der Waals surface area contributed by atoms with Crippen molar-refractivity contribution in [3.8, 4) is 0 Å². The van der Waals surface area contributed by atoms with Gasteiger partial charge in [-0.15, -0.1) is 0 Å². The van der Waals surface area contributed by atoms with Crippen molar-refractivity contribution in [2.45, 2.75) is 40.7 Å². The third-order valence-electron chi connectivity index (χ3n) is 1.27. The molecule has 66 valence electrons. The molecule has 0 aromatic carbocycles. The lowest BCUT2D eigenvalue weighted by Crippen LogP contribution is -2.15. The Hall–Kier alpha value is -0.560. The van der Waals surface area contributed by atoms with Gasteiger partial charge in [-0.25, -0.2) is 0 Å². The minimum atomic E-state index is 0.182. The zero-order valence-electron chi connectivity index (χ0n) is 8.39. The molecule has 0 bridgehead atoms. The van der Waals surface area contributed by atoms with E-state index < -0.39 is 0 Å². The summed E-state index contributed by atoms with van der Waals surface area (Å²) in [5.41, 5.74) is 6.79. The summed E-state index contributed by atoms with van der Waals surface area (Å²) in [6, 6.07) is 0.182. The van der Waals surface area contributed by atoms with Crippen molar-refractivity contribution in [3.63, 3.8) is 0 Å². The summed E-state index contributed by atoms with van der Waals surface area (Å²) in [5.74, 6) is 0. The standard InChI is InChI=1S/C8H15N.C2H6/c1-4-5-6-7(2)8(3)9;1-2/h4-6,8H,9H2,1-3H3;1-2H3/b5-4-,7-6+;. The second-order valence-corrected chi connectivity index (χ2v) is 2.23. The van der Waals surface area contributed by atoms with Gasteiger partial charge in [-0.05, 0) is 20.8 Å². The van der Waals surface area contributed by atoms with Gasteiger partial charge in [0.05, 0.1) is 0 Å². The third-order valence-corrected chi connectivity index (χ3v) is 1.27. The van der Waals surface area contributed by atoms with Crippen molar-refractivity contribution < 1.29 is 0 Å². The van der Waals surface area contributed by atoms with Crippen LogP contribution in [0.5, 0.6) is 0 Å². The van der Waals surface area contributed by atoms with Crippen LogP contribution in [-0.4, -0.2) is 6.04 Å². The molecule has 0 rings (SSSR count). The van der Waals surface area contributed by atoms with Crippen LogP contribution in [0.3, 0.4) is 0 Å². The van der Waals surface area contributed by atoms with Gasteiger partial charge in [-0.1, -0.05) is 37.6 Å². The van der Waals surface area contributed by atoms with Crippen molar-refractivity contribution in [3.05, 3.63) is 23.8 Å². The molecule has 1 atom stereocenters. The molecule has 0 aromatic heterocycles. The molecule has 0 aliphatic carbocycles. The van der Waals surface area contributed by atoms with E-state index in [1.54, 1.807) is 0 Å². The third kappa shape index (κ3) is 9.44. The lowest BCUT2D eigenvalue weighted by molar-refractivity contribution is 0.861. The van der Waals surface area contributed by atoms with Gasteiger partial charge in [-0.2, -0.15) is 0 Å². The molecule has 0 spiro atoms. The first-order chi connectivity index (χ1) is 5.18. The number of hydrogen-bond donors (Lipinski definition) is 1. The first kappa shape index (κ1) is 13.1. The highest BCUT2D eigenvalue weighted by molar-refractivity contribution is 5.13. The van der Waals surface area contributed by atoms with Gasteiger partial charge in [0.1, 0.15) is 0 Å². The summed E-state index contributed by atoms with van der Waals surface area (Å²) in [5, 5.41) is 0. The summed E-state index contributed by atoms with van der Waals surface area (Å²) in [4.78, 5) is 0. The molecule has 1 heteroatoms. The second-order valence-electron chi connectivity index (χ2n) is 2.23. The van der Waals surface area contributed by atoms with E-state index in [2.05, 4.69) is 0 Å². The molecule has 0 aliphatic rings. The molecule has 2 N–H and O–H groups in total. The molecule has 0 saturated heterocycles. The fourth-order valence-electron chi connectivity index (χ4n) is 0.400. The van der Waals surface area contributed by atoms with Crippen LogP contribution in [0.4, 0.5) is 0 Å². The zero-order chi connectivity index (χ0) is 9.28. The molecule has 11 heavy (non-hydrogen) atoms. The average Bonchev–Trinajstić information content (AvgIpc) is 2.03. The number of allylic oxidation sites excluding steroid dienone is 3. The Morgan fingerprint density at radius 1 is 1.36 bits per heavy atom. The van der Waals surface area contributed by atoms with Crippen LogP contribution in [0.2, 0.25) is 0 Å². The van der Waals surface area contributed by atoms with Crippen LogP contribution in [0, 0.1) is 0 Å². The van der Waals surface area contributed by atoms with Gasteiger partial charge < -0.3 is 5.73 Å². The maximum absolute atomic E-state index is 5.57. The lowest BCUT2D eigenvalue weighted by atomic mass is 10.1. The summed E-state index contributed by atoms with van der Waals surface area (Å²) in [6.45, 7) is 10.0. The number of hydrogen-bond acceptors (Lipinski definition) is 1. The molecule has 0 saturated carbocycles. The molecular weight excluding hydrogens is 134 g/mol. The van der Waals surface area contributed by atoms with Gasteiger partial charge in [0.15, 0.2) is 0 Å². The summed E-state index contributed by atoms with van der Waals surface area (Å²) < 4.78 is 0. The van der Waals surface area contributed by atoms with Crippen LogP contribution in [0.25, 0.3) is 0 Å². The zero-order valence-corrected chi connectivity index (χ0v) is 8.39. The normalized spacial score (nSPS) is 14.2. The van der Waals surface area contributed by atoms with Crippen LogP contribution in [-0.2, 0) is 0 Å². The number of rotatable bonds is 2. The van der Waals surface area contributed by atoms with Crippen LogP contribution in [0.1, 0.15) is 34.6 Å². The predicted molar refractivity (Wildman–Crippen MR) is 53.6 cm³/mol. The largest absolute Gasteiger partial charge is 0.324 e. The Bertz CT molecular complexity index is 121. The van der Waals surface area contributed by atoms with Gasteiger partial charge in [-0.3, -0.25) is 0 Å². The highest BCUT2D eigenvalue weighted by atomic mass is 14.6. The molecule has 0 radical (unpaired) electrons. The molecule has 0 heterocycles. The van der Waals surface area contributed by atoms with E-state index in [1.807, 2.05) is 52.8 Å². The van der Waals surface area contributed by atoms with Crippen molar-refractivity contribution in [2.75, 3.05) is 0 Å².